The van der Waals surface area contributed by atoms with E-state index in [4.69, 9.17) is 19.2 Å². The van der Waals surface area contributed by atoms with Crippen molar-refractivity contribution < 1.29 is 23.8 Å². The van der Waals surface area contributed by atoms with Crippen LogP contribution in [0, 0.1) is 11.8 Å². The molecule has 2 atom stereocenters. The van der Waals surface area contributed by atoms with E-state index < -0.39 is 8.07 Å². The maximum atomic E-state index is 12.7. The maximum Gasteiger partial charge on any atom is 0.228 e. The van der Waals surface area contributed by atoms with Crippen LogP contribution >= 0.6 is 0 Å². The molecule has 9 heteroatoms. The molecule has 1 aromatic carbocycles. The summed E-state index contributed by atoms with van der Waals surface area (Å²) in [6.07, 6.45) is 4.04. The first-order valence-electron chi connectivity index (χ1n) is 12.3. The van der Waals surface area contributed by atoms with Crippen molar-refractivity contribution >= 4 is 37.1 Å². The number of amides is 1. The largest absolute Gasteiger partial charge is 0.496 e. The molecule has 0 aliphatic heterocycles. The van der Waals surface area contributed by atoms with Crippen LogP contribution in [0.3, 0.4) is 0 Å². The molecule has 4 rings (SSSR count). The van der Waals surface area contributed by atoms with E-state index in [0.717, 1.165) is 35.3 Å². The Hall–Kier alpha value is -3.17. The van der Waals surface area contributed by atoms with Crippen LogP contribution in [0.2, 0.25) is 25.7 Å². The van der Waals surface area contributed by atoms with Gasteiger partial charge in [-0.3, -0.25) is 4.79 Å². The van der Waals surface area contributed by atoms with E-state index >= 15 is 0 Å². The first-order chi connectivity index (χ1) is 17.3. The van der Waals surface area contributed by atoms with Gasteiger partial charge in [-0.15, -0.1) is 0 Å². The van der Waals surface area contributed by atoms with Gasteiger partial charge in [0.2, 0.25) is 5.91 Å². The van der Waals surface area contributed by atoms with Crippen molar-refractivity contribution in [1.82, 2.24) is 9.55 Å². The van der Waals surface area contributed by atoms with Crippen molar-refractivity contribution in [2.24, 2.45) is 11.8 Å². The third-order valence-electron chi connectivity index (χ3n) is 6.56. The quantitative estimate of drug-likeness (QED) is 0.205. The zero-order valence-electron chi connectivity index (χ0n) is 21.7. The smallest absolute Gasteiger partial charge is 0.228 e. The molecule has 0 radical (unpaired) electrons. The van der Waals surface area contributed by atoms with Gasteiger partial charge < -0.3 is 28.9 Å². The molecule has 1 N–H and O–H groups in total. The minimum atomic E-state index is -1.22. The van der Waals surface area contributed by atoms with Crippen molar-refractivity contribution in [3.05, 3.63) is 36.5 Å². The van der Waals surface area contributed by atoms with Crippen LogP contribution in [0.15, 0.2) is 36.5 Å². The van der Waals surface area contributed by atoms with Crippen LogP contribution in [-0.2, 0) is 21.1 Å². The molecule has 1 amide bonds. The van der Waals surface area contributed by atoms with E-state index in [9.17, 15) is 9.59 Å². The van der Waals surface area contributed by atoms with E-state index in [0.29, 0.717) is 42.7 Å². The third kappa shape index (κ3) is 5.79. The van der Waals surface area contributed by atoms with E-state index in [1.54, 1.807) is 20.3 Å². The molecule has 2 heterocycles. The van der Waals surface area contributed by atoms with E-state index in [2.05, 4.69) is 25.0 Å². The number of aromatic nitrogens is 2. The van der Waals surface area contributed by atoms with E-state index in [1.165, 1.54) is 0 Å². The summed E-state index contributed by atoms with van der Waals surface area (Å²) in [6.45, 7) is 7.99. The molecule has 2 aromatic heterocycles. The summed E-state index contributed by atoms with van der Waals surface area (Å²) in [6, 6.07) is 10.5. The third-order valence-corrected chi connectivity index (χ3v) is 8.26. The highest BCUT2D eigenvalue weighted by Gasteiger charge is 2.42. The molecule has 1 aliphatic carbocycles. The number of aldehydes is 1. The molecule has 0 saturated heterocycles. The Morgan fingerprint density at radius 1 is 1.17 bits per heavy atom. The van der Waals surface area contributed by atoms with Crippen LogP contribution in [0.1, 0.15) is 12.8 Å². The van der Waals surface area contributed by atoms with Crippen LogP contribution < -0.4 is 14.8 Å². The average Bonchev–Trinajstić information content (AvgIpc) is 3.54. The number of nitrogens with one attached hydrogen (secondary N) is 1. The second kappa shape index (κ2) is 10.8. The average molecular weight is 510 g/mol. The molecule has 3 aromatic rings. The number of ether oxygens (including phenoxy) is 3. The predicted octanol–water partition coefficient (Wildman–Crippen LogP) is 5.20. The summed E-state index contributed by atoms with van der Waals surface area (Å²) in [4.78, 5) is 28.2. The number of methoxy groups -OCH3 is 2. The topological polar surface area (TPSA) is 91.7 Å². The van der Waals surface area contributed by atoms with Gasteiger partial charge in [-0.1, -0.05) is 25.7 Å². The number of hydrogen-bond donors (Lipinski definition) is 1. The zero-order valence-corrected chi connectivity index (χ0v) is 22.7. The Morgan fingerprint density at radius 2 is 1.89 bits per heavy atom. The number of rotatable bonds is 12. The standard InChI is InChI=1S/C27H35N3O5Si/c1-33-22-7-6-8-23(34-2)25(22)21-16-30(17-35-13-14-36(3,4)5)26-19(21)9-10-24(28-26)29-27(32)20-15-18(20)11-12-31/h6-10,12,16,18,20H,11,13-15,17H2,1-5H3,(H,28,29,32)/t18-,20-/m1/s1. The van der Waals surface area contributed by atoms with Gasteiger partial charge >= 0.3 is 0 Å². The number of pyridine rings is 1. The van der Waals surface area contributed by atoms with Crippen LogP contribution in [-0.4, -0.2) is 50.6 Å². The molecule has 8 nitrogen and oxygen atoms in total. The first kappa shape index (κ1) is 25.9. The number of benzene rings is 1. The minimum Gasteiger partial charge on any atom is -0.496 e. The molecule has 0 unspecified atom stereocenters. The van der Waals surface area contributed by atoms with Crippen molar-refractivity contribution in [2.75, 3.05) is 26.1 Å². The molecule has 36 heavy (non-hydrogen) atoms. The molecular formula is C27H35N3O5Si. The molecular weight excluding hydrogens is 474 g/mol. The lowest BCUT2D eigenvalue weighted by molar-refractivity contribution is -0.117. The van der Waals surface area contributed by atoms with Gasteiger partial charge in [-0.2, -0.15) is 0 Å². The predicted molar refractivity (Wildman–Crippen MR) is 143 cm³/mol. The summed E-state index contributed by atoms with van der Waals surface area (Å²) in [5.74, 6) is 1.78. The Balaban J connectivity index is 1.68. The molecule has 1 saturated carbocycles. The number of anilines is 1. The number of nitrogens with zero attached hydrogens (tertiary/aromatic N) is 2. The molecule has 0 spiro atoms. The van der Waals surface area contributed by atoms with Crippen molar-refractivity contribution in [1.29, 1.82) is 0 Å². The zero-order chi connectivity index (χ0) is 25.9. The fraction of sp³-hybridized carbons (Fsp3) is 0.444. The second-order valence-corrected chi connectivity index (χ2v) is 16.1. The Kier molecular flexibility index (Phi) is 7.80. The maximum absolute atomic E-state index is 12.7. The van der Waals surface area contributed by atoms with Gasteiger partial charge in [-0.25, -0.2) is 4.98 Å². The van der Waals surface area contributed by atoms with Gasteiger partial charge in [-0.05, 0) is 42.6 Å². The minimum absolute atomic E-state index is 0.0928. The van der Waals surface area contributed by atoms with Crippen molar-refractivity contribution in [2.45, 2.75) is 45.3 Å². The summed E-state index contributed by atoms with van der Waals surface area (Å²) in [7, 11) is 2.06. The normalized spacial score (nSPS) is 17.1. The van der Waals surface area contributed by atoms with Gasteiger partial charge in [0.05, 0.1) is 19.8 Å². The number of fused-ring (bicyclic) bond motifs is 1. The highest BCUT2D eigenvalue weighted by Crippen LogP contribution is 2.43. The van der Waals surface area contributed by atoms with Crippen LogP contribution in [0.5, 0.6) is 11.5 Å². The number of hydrogen-bond acceptors (Lipinski definition) is 6. The second-order valence-electron chi connectivity index (χ2n) is 10.5. The van der Waals surface area contributed by atoms with Crippen LogP contribution in [0.25, 0.3) is 22.2 Å². The van der Waals surface area contributed by atoms with E-state index in [-0.39, 0.29) is 17.7 Å². The fourth-order valence-corrected chi connectivity index (χ4v) is 5.12. The van der Waals surface area contributed by atoms with Gasteiger partial charge in [0.15, 0.2) is 0 Å². The summed E-state index contributed by atoms with van der Waals surface area (Å²) in [5, 5.41) is 3.83. The monoisotopic (exact) mass is 509 g/mol. The lowest BCUT2D eigenvalue weighted by atomic mass is 10.0. The van der Waals surface area contributed by atoms with Gasteiger partial charge in [0.1, 0.15) is 36.0 Å². The SMILES string of the molecule is COc1cccc(OC)c1-c1cn(COCC[Si](C)(C)C)c2nc(NC(=O)[C@@H]3C[C@H]3CC=O)ccc12. The highest BCUT2D eigenvalue weighted by molar-refractivity contribution is 6.76. The lowest BCUT2D eigenvalue weighted by Crippen LogP contribution is -2.22. The number of carbonyl (C=O) groups excluding carboxylic acids is 2. The lowest BCUT2D eigenvalue weighted by Gasteiger charge is -2.15. The van der Waals surface area contributed by atoms with Crippen molar-refractivity contribution in [3.8, 4) is 22.6 Å². The Morgan fingerprint density at radius 3 is 2.53 bits per heavy atom. The summed E-state index contributed by atoms with van der Waals surface area (Å²) >= 11 is 0. The molecule has 192 valence electrons. The van der Waals surface area contributed by atoms with E-state index in [1.807, 2.05) is 35.0 Å². The molecule has 0 bridgehead atoms. The molecule has 1 aliphatic rings. The molecule has 1 fully saturated rings. The van der Waals surface area contributed by atoms with Gasteiger partial charge in [0, 0.05) is 44.2 Å². The van der Waals surface area contributed by atoms with Gasteiger partial charge in [0.25, 0.3) is 0 Å². The van der Waals surface area contributed by atoms with Crippen molar-refractivity contribution in [3.63, 3.8) is 0 Å². The Bertz CT molecular complexity index is 1230. The summed E-state index contributed by atoms with van der Waals surface area (Å²) < 4.78 is 19.3. The highest BCUT2D eigenvalue weighted by atomic mass is 28.3. The first-order valence-corrected chi connectivity index (χ1v) is 16.0. The fourth-order valence-electron chi connectivity index (χ4n) is 4.36. The Labute approximate surface area is 213 Å². The number of carbonyl (C=O) groups is 2. The summed E-state index contributed by atoms with van der Waals surface area (Å²) in [5.41, 5.74) is 2.44. The van der Waals surface area contributed by atoms with Crippen LogP contribution in [0.4, 0.5) is 5.82 Å².